The summed E-state index contributed by atoms with van der Waals surface area (Å²) in [5, 5.41) is 0. The van der Waals surface area contributed by atoms with Crippen molar-refractivity contribution < 1.29 is 14.3 Å². The van der Waals surface area contributed by atoms with Crippen LogP contribution in [0.4, 0.5) is 5.69 Å². The second kappa shape index (κ2) is 10.1. The van der Waals surface area contributed by atoms with Crippen molar-refractivity contribution in [2.45, 2.75) is 20.3 Å². The molecule has 0 aromatic heterocycles. The van der Waals surface area contributed by atoms with Crippen molar-refractivity contribution in [1.29, 1.82) is 0 Å². The number of rotatable bonds is 7. The van der Waals surface area contributed by atoms with Crippen LogP contribution in [-0.4, -0.2) is 23.4 Å². The third-order valence-corrected chi connectivity index (χ3v) is 6.38. The second-order valence-corrected chi connectivity index (χ2v) is 9.55. The quantitative estimate of drug-likeness (QED) is 0.277. The number of thiocarbonyl (C=S) groups is 1. The molecular weight excluding hydrogens is 538 g/mol. The number of ether oxygens (including phenoxy) is 2. The number of thioether (sulfide) groups is 1. The van der Waals surface area contributed by atoms with Crippen molar-refractivity contribution in [3.05, 3.63) is 55.8 Å². The summed E-state index contributed by atoms with van der Waals surface area (Å²) in [5.74, 6) is 1.18. The topological polar surface area (TPSA) is 38.8 Å². The highest BCUT2D eigenvalue weighted by Crippen LogP contribution is 2.40. The lowest BCUT2D eigenvalue weighted by atomic mass is 10.1. The maximum Gasteiger partial charge on any atom is 0.270 e. The molecule has 1 heterocycles. The van der Waals surface area contributed by atoms with Crippen LogP contribution in [0.3, 0.4) is 0 Å². The van der Waals surface area contributed by atoms with Crippen LogP contribution in [0.25, 0.3) is 6.08 Å². The van der Waals surface area contributed by atoms with Crippen molar-refractivity contribution >= 4 is 77.8 Å². The van der Waals surface area contributed by atoms with Gasteiger partial charge in [-0.15, -0.1) is 0 Å². The molecule has 152 valence electrons. The molecule has 1 saturated heterocycles. The minimum Gasteiger partial charge on any atom is -0.490 e. The summed E-state index contributed by atoms with van der Waals surface area (Å²) < 4.78 is 13.8. The van der Waals surface area contributed by atoms with Crippen molar-refractivity contribution in [2.24, 2.45) is 0 Å². The summed E-state index contributed by atoms with van der Waals surface area (Å²) in [7, 11) is 0. The lowest BCUT2D eigenvalue weighted by Gasteiger charge is -2.15. The minimum atomic E-state index is -0.136. The van der Waals surface area contributed by atoms with Gasteiger partial charge in [-0.1, -0.05) is 46.8 Å². The summed E-state index contributed by atoms with van der Waals surface area (Å²) in [4.78, 5) is 15.1. The van der Waals surface area contributed by atoms with E-state index in [-0.39, 0.29) is 5.91 Å². The zero-order chi connectivity index (χ0) is 21.0. The van der Waals surface area contributed by atoms with Gasteiger partial charge in [0.15, 0.2) is 15.8 Å². The number of halogens is 2. The Morgan fingerprint density at radius 1 is 1.14 bits per heavy atom. The van der Waals surface area contributed by atoms with Crippen LogP contribution >= 0.6 is 55.8 Å². The summed E-state index contributed by atoms with van der Waals surface area (Å²) in [6, 6.07) is 11.3. The molecule has 8 heteroatoms. The average Bonchev–Trinajstić information content (AvgIpc) is 2.95. The molecule has 0 saturated carbocycles. The molecule has 0 bridgehead atoms. The zero-order valence-corrected chi connectivity index (χ0v) is 20.7. The highest BCUT2D eigenvalue weighted by Gasteiger charge is 2.33. The number of hydrogen-bond donors (Lipinski definition) is 0. The van der Waals surface area contributed by atoms with Crippen molar-refractivity contribution in [3.63, 3.8) is 0 Å². The smallest absolute Gasteiger partial charge is 0.270 e. The predicted molar refractivity (Wildman–Crippen MR) is 131 cm³/mol. The van der Waals surface area contributed by atoms with Crippen LogP contribution in [0.2, 0.25) is 0 Å². The van der Waals surface area contributed by atoms with Gasteiger partial charge in [0.05, 0.1) is 28.3 Å². The Labute approximate surface area is 196 Å². The Kier molecular flexibility index (Phi) is 7.79. The first-order valence-electron chi connectivity index (χ1n) is 9.07. The third-order valence-electron chi connectivity index (χ3n) is 3.96. The van der Waals surface area contributed by atoms with Gasteiger partial charge in [-0.05, 0) is 77.3 Å². The molecule has 1 amide bonds. The highest BCUT2D eigenvalue weighted by molar-refractivity contribution is 9.10. The Hall–Kier alpha value is -1.35. The number of carbonyl (C=O) groups excluding carboxylic acids is 1. The van der Waals surface area contributed by atoms with Gasteiger partial charge in [0.1, 0.15) is 0 Å². The van der Waals surface area contributed by atoms with Gasteiger partial charge in [0, 0.05) is 4.47 Å². The molecule has 0 N–H and O–H groups in total. The molecule has 3 rings (SSSR count). The van der Waals surface area contributed by atoms with Crippen LogP contribution in [-0.2, 0) is 4.79 Å². The Morgan fingerprint density at radius 2 is 1.86 bits per heavy atom. The lowest BCUT2D eigenvalue weighted by Crippen LogP contribution is -2.27. The summed E-state index contributed by atoms with van der Waals surface area (Å²) in [6.07, 6.45) is 2.73. The average molecular weight is 557 g/mol. The summed E-state index contributed by atoms with van der Waals surface area (Å²) in [5.41, 5.74) is 1.58. The van der Waals surface area contributed by atoms with Crippen LogP contribution in [0.5, 0.6) is 11.5 Å². The predicted octanol–water partition coefficient (Wildman–Crippen LogP) is 6.80. The molecule has 1 aliphatic rings. The molecule has 0 atom stereocenters. The Bertz CT molecular complexity index is 961. The van der Waals surface area contributed by atoms with Crippen LogP contribution in [0.1, 0.15) is 25.8 Å². The second-order valence-electron chi connectivity index (χ2n) is 6.10. The Balaban J connectivity index is 1.92. The maximum absolute atomic E-state index is 13.0. The molecule has 2 aromatic carbocycles. The minimum absolute atomic E-state index is 0.136. The molecule has 0 aliphatic carbocycles. The van der Waals surface area contributed by atoms with Crippen LogP contribution in [0, 0.1) is 0 Å². The van der Waals surface area contributed by atoms with Crippen LogP contribution in [0.15, 0.2) is 50.2 Å². The number of carbonyl (C=O) groups is 1. The normalized spacial score (nSPS) is 15.3. The molecule has 0 spiro atoms. The highest BCUT2D eigenvalue weighted by atomic mass is 79.9. The van der Waals surface area contributed by atoms with E-state index in [9.17, 15) is 4.79 Å². The first-order chi connectivity index (χ1) is 13.9. The van der Waals surface area contributed by atoms with E-state index in [4.69, 9.17) is 21.7 Å². The first-order valence-corrected chi connectivity index (χ1v) is 11.9. The molecule has 29 heavy (non-hydrogen) atoms. The molecular formula is C21H19Br2NO3S2. The van der Waals surface area contributed by atoms with E-state index in [0.29, 0.717) is 33.9 Å². The maximum atomic E-state index is 13.0. The van der Waals surface area contributed by atoms with E-state index in [2.05, 4.69) is 38.8 Å². The van der Waals surface area contributed by atoms with E-state index in [0.717, 1.165) is 26.6 Å². The van der Waals surface area contributed by atoms with E-state index in [1.165, 1.54) is 11.8 Å². The molecule has 0 radical (unpaired) electrons. The monoisotopic (exact) mass is 555 g/mol. The van der Waals surface area contributed by atoms with Gasteiger partial charge in [0.2, 0.25) is 0 Å². The van der Waals surface area contributed by atoms with Gasteiger partial charge < -0.3 is 9.47 Å². The lowest BCUT2D eigenvalue weighted by molar-refractivity contribution is -0.113. The number of hydrogen-bond acceptors (Lipinski definition) is 5. The first kappa shape index (κ1) is 22.3. The largest absolute Gasteiger partial charge is 0.490 e. The SMILES string of the molecule is CCCOc1c(Br)cc(/C=C2\SC(=S)N(c3ccc(Br)cc3)C2=O)cc1OCC. The molecule has 2 aromatic rings. The molecule has 1 aliphatic heterocycles. The molecule has 4 nitrogen and oxygen atoms in total. The number of nitrogens with zero attached hydrogens (tertiary/aromatic N) is 1. The van der Waals surface area contributed by atoms with Gasteiger partial charge in [-0.2, -0.15) is 0 Å². The van der Waals surface area contributed by atoms with Gasteiger partial charge in [-0.25, -0.2) is 0 Å². The van der Waals surface area contributed by atoms with Crippen LogP contribution < -0.4 is 14.4 Å². The summed E-state index contributed by atoms with van der Waals surface area (Å²) >= 11 is 13.7. The third kappa shape index (κ3) is 5.23. The summed E-state index contributed by atoms with van der Waals surface area (Å²) in [6.45, 7) is 5.09. The number of anilines is 1. The Morgan fingerprint density at radius 3 is 2.52 bits per heavy atom. The van der Waals surface area contributed by atoms with Gasteiger partial charge in [0.25, 0.3) is 5.91 Å². The zero-order valence-electron chi connectivity index (χ0n) is 15.9. The van der Waals surface area contributed by atoms with Crippen molar-refractivity contribution in [3.8, 4) is 11.5 Å². The standard InChI is InChI=1S/C21H19Br2NO3S2/c1-3-9-27-19-16(23)10-13(11-17(19)26-4-2)12-18-20(25)24(21(28)29-18)15-7-5-14(22)6-8-15/h5-8,10-12H,3-4,9H2,1-2H3/b18-12-. The molecule has 0 unspecified atom stereocenters. The van der Waals surface area contributed by atoms with Gasteiger partial charge in [-0.3, -0.25) is 9.69 Å². The fourth-order valence-electron chi connectivity index (χ4n) is 2.71. The molecule has 1 fully saturated rings. The number of amides is 1. The number of benzene rings is 2. The van der Waals surface area contributed by atoms with Gasteiger partial charge >= 0.3 is 0 Å². The van der Waals surface area contributed by atoms with E-state index in [1.807, 2.05) is 49.4 Å². The van der Waals surface area contributed by atoms with E-state index < -0.39 is 0 Å². The fraction of sp³-hybridized carbons (Fsp3) is 0.238. The van der Waals surface area contributed by atoms with E-state index >= 15 is 0 Å². The van der Waals surface area contributed by atoms with Crippen molar-refractivity contribution in [2.75, 3.05) is 18.1 Å². The fourth-order valence-corrected chi connectivity index (χ4v) is 4.85. The van der Waals surface area contributed by atoms with E-state index in [1.54, 1.807) is 4.90 Å². The van der Waals surface area contributed by atoms with Crippen molar-refractivity contribution in [1.82, 2.24) is 0 Å².